The van der Waals surface area contributed by atoms with Crippen LogP contribution in [0.2, 0.25) is 0 Å². The zero-order valence-corrected chi connectivity index (χ0v) is 12.5. The molecule has 1 amide bonds. The van der Waals surface area contributed by atoms with Gasteiger partial charge in [0, 0.05) is 16.6 Å². The minimum Gasteiger partial charge on any atom is -0.347 e. The number of amides is 1. The molecule has 0 bridgehead atoms. The van der Waals surface area contributed by atoms with Gasteiger partial charge in [0.1, 0.15) is 10.7 Å². The molecule has 0 atom stereocenters. The Bertz CT molecular complexity index is 602. The molecule has 0 fully saturated rings. The molecular formula is C12H11BrFN3OS. The second kappa shape index (κ2) is 6.21. The molecule has 0 aliphatic rings. The van der Waals surface area contributed by atoms with Gasteiger partial charge in [0.2, 0.25) is 0 Å². The molecule has 0 saturated carbocycles. The van der Waals surface area contributed by atoms with Gasteiger partial charge in [-0.15, -0.1) is 5.10 Å². The first-order valence-corrected chi connectivity index (χ1v) is 7.21. The van der Waals surface area contributed by atoms with E-state index in [1.807, 2.05) is 6.92 Å². The van der Waals surface area contributed by atoms with Crippen molar-refractivity contribution >= 4 is 33.4 Å². The van der Waals surface area contributed by atoms with E-state index in [4.69, 9.17) is 0 Å². The van der Waals surface area contributed by atoms with Crippen LogP contribution in [0.5, 0.6) is 0 Å². The van der Waals surface area contributed by atoms with E-state index < -0.39 is 0 Å². The third-order valence-electron chi connectivity index (χ3n) is 2.54. The number of aryl methyl sites for hydroxylation is 1. The number of hydrogen-bond donors (Lipinski definition) is 1. The van der Waals surface area contributed by atoms with Gasteiger partial charge in [-0.2, -0.15) is 0 Å². The van der Waals surface area contributed by atoms with E-state index in [-0.39, 0.29) is 18.3 Å². The van der Waals surface area contributed by atoms with Crippen LogP contribution in [0.15, 0.2) is 22.7 Å². The quantitative estimate of drug-likeness (QED) is 0.928. The van der Waals surface area contributed by atoms with E-state index in [0.717, 1.165) is 16.0 Å². The molecule has 0 aliphatic carbocycles. The van der Waals surface area contributed by atoms with Crippen LogP contribution < -0.4 is 5.32 Å². The first-order chi connectivity index (χ1) is 9.11. The number of aromatic nitrogens is 2. The summed E-state index contributed by atoms with van der Waals surface area (Å²) >= 11 is 4.32. The Morgan fingerprint density at radius 3 is 3.05 bits per heavy atom. The van der Waals surface area contributed by atoms with Gasteiger partial charge >= 0.3 is 0 Å². The molecule has 1 heterocycles. The number of carbonyl (C=O) groups excluding carboxylic acids is 1. The normalized spacial score (nSPS) is 10.5. The van der Waals surface area contributed by atoms with Crippen LogP contribution in [-0.4, -0.2) is 15.5 Å². The predicted molar refractivity (Wildman–Crippen MR) is 74.6 cm³/mol. The molecule has 0 unspecified atom stereocenters. The molecule has 100 valence electrons. The van der Waals surface area contributed by atoms with Gasteiger partial charge in [-0.1, -0.05) is 27.3 Å². The highest BCUT2D eigenvalue weighted by molar-refractivity contribution is 9.10. The second-order valence-electron chi connectivity index (χ2n) is 3.82. The lowest BCUT2D eigenvalue weighted by molar-refractivity contribution is 0.0953. The summed E-state index contributed by atoms with van der Waals surface area (Å²) in [6.07, 6.45) is 0.643. The molecule has 2 aromatic rings. The molecule has 19 heavy (non-hydrogen) atoms. The van der Waals surface area contributed by atoms with Crippen LogP contribution in [0.4, 0.5) is 4.39 Å². The fourth-order valence-electron chi connectivity index (χ4n) is 1.55. The molecule has 1 aromatic carbocycles. The number of halogens is 2. The maximum atomic E-state index is 13.5. The van der Waals surface area contributed by atoms with E-state index in [9.17, 15) is 9.18 Å². The van der Waals surface area contributed by atoms with Crippen LogP contribution in [0.1, 0.15) is 27.9 Å². The first kappa shape index (κ1) is 14.1. The number of nitrogens with one attached hydrogen (secondary N) is 1. The third kappa shape index (κ3) is 3.36. The minimum absolute atomic E-state index is 0.130. The highest BCUT2D eigenvalue weighted by atomic mass is 79.9. The smallest absolute Gasteiger partial charge is 0.265 e. The van der Waals surface area contributed by atoms with Crippen molar-refractivity contribution in [2.75, 3.05) is 0 Å². The van der Waals surface area contributed by atoms with Crippen molar-refractivity contribution in [1.82, 2.24) is 14.9 Å². The van der Waals surface area contributed by atoms with Crippen molar-refractivity contribution in [1.29, 1.82) is 0 Å². The van der Waals surface area contributed by atoms with Crippen LogP contribution >= 0.6 is 27.5 Å². The number of carbonyl (C=O) groups is 1. The maximum absolute atomic E-state index is 13.5. The first-order valence-electron chi connectivity index (χ1n) is 5.65. The van der Waals surface area contributed by atoms with Gasteiger partial charge in [-0.25, -0.2) is 4.39 Å². The molecule has 7 heteroatoms. The number of benzene rings is 1. The van der Waals surface area contributed by atoms with Crippen LogP contribution in [0.25, 0.3) is 0 Å². The lowest BCUT2D eigenvalue weighted by atomic mass is 10.2. The lowest BCUT2D eigenvalue weighted by Gasteiger charge is -2.06. The summed E-state index contributed by atoms with van der Waals surface area (Å²) in [6.45, 7) is 2.03. The number of nitrogens with zero attached hydrogens (tertiary/aromatic N) is 2. The predicted octanol–water partition coefficient (Wildman–Crippen LogP) is 2.93. The maximum Gasteiger partial charge on any atom is 0.265 e. The average Bonchev–Trinajstić information content (AvgIpc) is 2.88. The summed E-state index contributed by atoms with van der Waals surface area (Å²) in [4.78, 5) is 12.4. The summed E-state index contributed by atoms with van der Waals surface area (Å²) in [5.74, 6) is -0.618. The summed E-state index contributed by atoms with van der Waals surface area (Å²) < 4.78 is 18.0. The Morgan fingerprint density at radius 1 is 1.53 bits per heavy atom. The van der Waals surface area contributed by atoms with Crippen LogP contribution in [0.3, 0.4) is 0 Å². The molecule has 1 aromatic heterocycles. The van der Waals surface area contributed by atoms with Crippen LogP contribution in [0, 0.1) is 5.82 Å². The molecule has 0 radical (unpaired) electrons. The highest BCUT2D eigenvalue weighted by Crippen LogP contribution is 2.16. The average molecular weight is 344 g/mol. The van der Waals surface area contributed by atoms with E-state index in [2.05, 4.69) is 30.8 Å². The molecule has 1 N–H and O–H groups in total. The Balaban J connectivity index is 2.06. The Morgan fingerprint density at radius 2 is 2.32 bits per heavy atom. The Hall–Kier alpha value is -1.34. The van der Waals surface area contributed by atoms with Gasteiger partial charge in [0.05, 0.1) is 5.69 Å². The van der Waals surface area contributed by atoms with E-state index in [0.29, 0.717) is 22.6 Å². The van der Waals surface area contributed by atoms with Gasteiger partial charge in [0.15, 0.2) is 0 Å². The standard InChI is InChI=1S/C12H11BrFN3OS/c1-2-10-11(19-17-16-10)12(18)15-6-7-5-8(13)3-4-9(7)14/h3-5H,2,6H2,1H3,(H,15,18). The van der Waals surface area contributed by atoms with Crippen molar-refractivity contribution in [2.45, 2.75) is 19.9 Å². The fraction of sp³-hybridized carbons (Fsp3) is 0.250. The Labute approximate surface area is 122 Å². The zero-order valence-electron chi connectivity index (χ0n) is 10.1. The summed E-state index contributed by atoms with van der Waals surface area (Å²) in [5, 5.41) is 6.54. The van der Waals surface area contributed by atoms with Gasteiger partial charge < -0.3 is 5.32 Å². The Kier molecular flexibility index (Phi) is 4.60. The molecule has 0 saturated heterocycles. The van der Waals surface area contributed by atoms with E-state index in [1.165, 1.54) is 6.07 Å². The fourth-order valence-corrected chi connectivity index (χ4v) is 2.62. The van der Waals surface area contributed by atoms with E-state index >= 15 is 0 Å². The highest BCUT2D eigenvalue weighted by Gasteiger charge is 2.15. The zero-order chi connectivity index (χ0) is 13.8. The second-order valence-corrected chi connectivity index (χ2v) is 5.49. The monoisotopic (exact) mass is 343 g/mol. The lowest BCUT2D eigenvalue weighted by Crippen LogP contribution is -2.23. The molecule has 0 aliphatic heterocycles. The largest absolute Gasteiger partial charge is 0.347 e. The third-order valence-corrected chi connectivity index (χ3v) is 3.80. The van der Waals surface area contributed by atoms with Crippen molar-refractivity contribution in [3.05, 3.63) is 44.6 Å². The molecule has 4 nitrogen and oxygen atoms in total. The summed E-state index contributed by atoms with van der Waals surface area (Å²) in [6, 6.07) is 4.61. The van der Waals surface area contributed by atoms with Crippen molar-refractivity contribution in [3.63, 3.8) is 0 Å². The van der Waals surface area contributed by atoms with Gasteiger partial charge in [-0.05, 0) is 36.2 Å². The number of rotatable bonds is 4. The van der Waals surface area contributed by atoms with Crippen molar-refractivity contribution in [2.24, 2.45) is 0 Å². The molecule has 0 spiro atoms. The topological polar surface area (TPSA) is 54.9 Å². The van der Waals surface area contributed by atoms with Gasteiger partial charge in [-0.3, -0.25) is 4.79 Å². The molecular weight excluding hydrogens is 333 g/mol. The van der Waals surface area contributed by atoms with Crippen LogP contribution in [-0.2, 0) is 13.0 Å². The summed E-state index contributed by atoms with van der Waals surface area (Å²) in [5.41, 5.74) is 1.09. The van der Waals surface area contributed by atoms with E-state index in [1.54, 1.807) is 12.1 Å². The molecule has 2 rings (SSSR count). The van der Waals surface area contributed by atoms with Gasteiger partial charge in [0.25, 0.3) is 5.91 Å². The number of hydrogen-bond acceptors (Lipinski definition) is 4. The summed E-state index contributed by atoms with van der Waals surface area (Å²) in [7, 11) is 0. The SMILES string of the molecule is CCc1nnsc1C(=O)NCc1cc(Br)ccc1F. The van der Waals surface area contributed by atoms with Crippen molar-refractivity contribution < 1.29 is 9.18 Å². The van der Waals surface area contributed by atoms with Crippen molar-refractivity contribution in [3.8, 4) is 0 Å². The minimum atomic E-state index is -0.346.